The highest BCUT2D eigenvalue weighted by Gasteiger charge is 2.02. The van der Waals surface area contributed by atoms with Gasteiger partial charge in [0.2, 0.25) is 0 Å². The highest BCUT2D eigenvalue weighted by atomic mass is 35.5. The lowest BCUT2D eigenvalue weighted by atomic mass is 10.3. The molecule has 0 aliphatic carbocycles. The summed E-state index contributed by atoms with van der Waals surface area (Å²) >= 11 is 5.95. The topological polar surface area (TPSA) is 61.0 Å². The van der Waals surface area contributed by atoms with Gasteiger partial charge in [-0.15, -0.1) is 0 Å². The standard InChI is InChI=1S/C11H10ClN3O/c12-9-3-1-2-4-10(9)16-8-6-14-11(5-13)15-7-8/h1-4,6-7H,5,13H2. The Morgan fingerprint density at radius 3 is 2.50 bits per heavy atom. The second kappa shape index (κ2) is 4.92. The lowest BCUT2D eigenvalue weighted by Crippen LogP contribution is -2.02. The molecular weight excluding hydrogens is 226 g/mol. The summed E-state index contributed by atoms with van der Waals surface area (Å²) in [4.78, 5) is 8.04. The van der Waals surface area contributed by atoms with Gasteiger partial charge in [-0.25, -0.2) is 9.97 Å². The zero-order valence-corrected chi connectivity index (χ0v) is 9.19. The molecule has 1 aromatic carbocycles. The number of para-hydroxylation sites is 1. The Bertz CT molecular complexity index is 473. The Morgan fingerprint density at radius 2 is 1.88 bits per heavy atom. The molecule has 82 valence electrons. The van der Waals surface area contributed by atoms with Crippen molar-refractivity contribution in [1.29, 1.82) is 0 Å². The smallest absolute Gasteiger partial charge is 0.164 e. The number of hydrogen-bond donors (Lipinski definition) is 1. The van der Waals surface area contributed by atoms with Crippen molar-refractivity contribution < 1.29 is 4.74 Å². The van der Waals surface area contributed by atoms with E-state index in [-0.39, 0.29) is 0 Å². The molecular formula is C11H10ClN3O. The minimum Gasteiger partial charge on any atom is -0.453 e. The summed E-state index contributed by atoms with van der Waals surface area (Å²) in [7, 11) is 0. The number of nitrogens with zero attached hydrogens (tertiary/aromatic N) is 2. The number of nitrogens with two attached hydrogens (primary N) is 1. The quantitative estimate of drug-likeness (QED) is 0.887. The van der Waals surface area contributed by atoms with E-state index in [4.69, 9.17) is 22.1 Å². The van der Waals surface area contributed by atoms with Crippen LogP contribution in [0.3, 0.4) is 0 Å². The van der Waals surface area contributed by atoms with Crippen LogP contribution in [-0.4, -0.2) is 9.97 Å². The normalized spacial score (nSPS) is 10.1. The minimum absolute atomic E-state index is 0.312. The molecule has 0 fully saturated rings. The van der Waals surface area contributed by atoms with E-state index < -0.39 is 0 Å². The van der Waals surface area contributed by atoms with E-state index >= 15 is 0 Å². The molecule has 2 aromatic rings. The lowest BCUT2D eigenvalue weighted by Gasteiger charge is -2.06. The van der Waals surface area contributed by atoms with E-state index in [0.717, 1.165) is 0 Å². The van der Waals surface area contributed by atoms with Gasteiger partial charge in [0.25, 0.3) is 0 Å². The Labute approximate surface area is 98.0 Å². The fourth-order valence-electron chi connectivity index (χ4n) is 1.16. The van der Waals surface area contributed by atoms with Crippen molar-refractivity contribution in [2.24, 2.45) is 5.73 Å². The first-order valence-electron chi connectivity index (χ1n) is 4.73. The van der Waals surface area contributed by atoms with Crippen LogP contribution in [0.2, 0.25) is 5.02 Å². The van der Waals surface area contributed by atoms with Crippen molar-refractivity contribution >= 4 is 11.6 Å². The van der Waals surface area contributed by atoms with Crippen LogP contribution in [0.4, 0.5) is 0 Å². The van der Waals surface area contributed by atoms with Gasteiger partial charge >= 0.3 is 0 Å². The highest BCUT2D eigenvalue weighted by molar-refractivity contribution is 6.32. The fraction of sp³-hybridized carbons (Fsp3) is 0.0909. The SMILES string of the molecule is NCc1ncc(Oc2ccccc2Cl)cn1. The van der Waals surface area contributed by atoms with Gasteiger partial charge in [-0.3, -0.25) is 0 Å². The van der Waals surface area contributed by atoms with Crippen molar-refractivity contribution in [3.63, 3.8) is 0 Å². The van der Waals surface area contributed by atoms with E-state index in [1.165, 1.54) is 0 Å². The Kier molecular flexibility index (Phi) is 3.34. The van der Waals surface area contributed by atoms with Crippen molar-refractivity contribution in [2.45, 2.75) is 6.54 Å². The van der Waals surface area contributed by atoms with Gasteiger partial charge in [0.1, 0.15) is 11.6 Å². The molecule has 0 saturated carbocycles. The average Bonchev–Trinajstić information content (AvgIpc) is 2.33. The second-order valence-electron chi connectivity index (χ2n) is 3.07. The first-order chi connectivity index (χ1) is 7.79. The molecule has 0 amide bonds. The van der Waals surface area contributed by atoms with Crippen LogP contribution >= 0.6 is 11.6 Å². The predicted octanol–water partition coefficient (Wildman–Crippen LogP) is 2.38. The number of aromatic nitrogens is 2. The van der Waals surface area contributed by atoms with Gasteiger partial charge in [0.05, 0.1) is 24.0 Å². The van der Waals surface area contributed by atoms with Crippen molar-refractivity contribution in [3.05, 3.63) is 47.5 Å². The molecule has 2 rings (SSSR count). The lowest BCUT2D eigenvalue weighted by molar-refractivity contribution is 0.476. The van der Waals surface area contributed by atoms with Gasteiger partial charge < -0.3 is 10.5 Å². The molecule has 0 unspecified atom stereocenters. The van der Waals surface area contributed by atoms with Gasteiger partial charge in [-0.1, -0.05) is 23.7 Å². The third-order valence-electron chi connectivity index (χ3n) is 1.93. The van der Waals surface area contributed by atoms with Crippen LogP contribution in [-0.2, 0) is 6.54 Å². The molecule has 5 heteroatoms. The van der Waals surface area contributed by atoms with Crippen LogP contribution in [0, 0.1) is 0 Å². The van der Waals surface area contributed by atoms with Crippen molar-refractivity contribution in [3.8, 4) is 11.5 Å². The summed E-state index contributed by atoms with van der Waals surface area (Å²) < 4.78 is 5.51. The second-order valence-corrected chi connectivity index (χ2v) is 3.48. The van der Waals surface area contributed by atoms with Crippen molar-refractivity contribution in [1.82, 2.24) is 9.97 Å². The van der Waals surface area contributed by atoms with Crippen LogP contribution in [0.5, 0.6) is 11.5 Å². The number of hydrogen-bond acceptors (Lipinski definition) is 4. The predicted molar refractivity (Wildman–Crippen MR) is 61.4 cm³/mol. The summed E-state index contributed by atoms with van der Waals surface area (Å²) in [6, 6.07) is 7.21. The molecule has 0 aliphatic heterocycles. The largest absolute Gasteiger partial charge is 0.453 e. The van der Waals surface area contributed by atoms with E-state index in [9.17, 15) is 0 Å². The summed E-state index contributed by atoms with van der Waals surface area (Å²) in [5.74, 6) is 1.69. The number of benzene rings is 1. The zero-order valence-electron chi connectivity index (χ0n) is 8.43. The average molecular weight is 236 g/mol. The molecule has 2 N–H and O–H groups in total. The monoisotopic (exact) mass is 235 g/mol. The van der Waals surface area contributed by atoms with Crippen molar-refractivity contribution in [2.75, 3.05) is 0 Å². The minimum atomic E-state index is 0.312. The Hall–Kier alpha value is -1.65. The van der Waals surface area contributed by atoms with Crippen LogP contribution in [0.15, 0.2) is 36.7 Å². The third kappa shape index (κ3) is 2.48. The maximum Gasteiger partial charge on any atom is 0.164 e. The fourth-order valence-corrected chi connectivity index (χ4v) is 1.33. The van der Waals surface area contributed by atoms with E-state index in [1.54, 1.807) is 24.5 Å². The summed E-state index contributed by atoms with van der Waals surface area (Å²) in [5.41, 5.74) is 5.39. The molecule has 0 radical (unpaired) electrons. The van der Waals surface area contributed by atoms with E-state index in [2.05, 4.69) is 9.97 Å². The number of ether oxygens (including phenoxy) is 1. The molecule has 0 spiro atoms. The third-order valence-corrected chi connectivity index (χ3v) is 2.24. The van der Waals surface area contributed by atoms with Crippen LogP contribution in [0.25, 0.3) is 0 Å². The van der Waals surface area contributed by atoms with Gasteiger partial charge in [-0.2, -0.15) is 0 Å². The van der Waals surface area contributed by atoms with Gasteiger partial charge in [0, 0.05) is 0 Å². The van der Waals surface area contributed by atoms with Gasteiger partial charge in [0.15, 0.2) is 5.75 Å². The van der Waals surface area contributed by atoms with E-state index in [0.29, 0.717) is 28.9 Å². The molecule has 16 heavy (non-hydrogen) atoms. The van der Waals surface area contributed by atoms with E-state index in [1.807, 2.05) is 12.1 Å². The Balaban J connectivity index is 2.18. The first-order valence-corrected chi connectivity index (χ1v) is 5.11. The zero-order chi connectivity index (χ0) is 11.4. The first kappa shape index (κ1) is 10.9. The molecule has 1 heterocycles. The molecule has 0 bridgehead atoms. The highest BCUT2D eigenvalue weighted by Crippen LogP contribution is 2.27. The molecule has 0 aliphatic rings. The number of halogens is 1. The maximum atomic E-state index is 5.95. The molecule has 0 atom stereocenters. The summed E-state index contributed by atoms with van der Waals surface area (Å²) in [5, 5.41) is 0.547. The summed E-state index contributed by atoms with van der Waals surface area (Å²) in [6.45, 7) is 0.312. The number of rotatable bonds is 3. The molecule has 4 nitrogen and oxygen atoms in total. The van der Waals surface area contributed by atoms with Gasteiger partial charge in [-0.05, 0) is 12.1 Å². The van der Waals surface area contributed by atoms with Crippen LogP contribution in [0.1, 0.15) is 5.82 Å². The molecule has 1 aromatic heterocycles. The Morgan fingerprint density at radius 1 is 1.19 bits per heavy atom. The maximum absolute atomic E-state index is 5.95. The summed E-state index contributed by atoms with van der Waals surface area (Å²) in [6.07, 6.45) is 3.14. The molecule has 0 saturated heterocycles. The van der Waals surface area contributed by atoms with Crippen LogP contribution < -0.4 is 10.5 Å².